The molecule has 0 spiro atoms. The van der Waals surface area contributed by atoms with Gasteiger partial charge in [0.15, 0.2) is 0 Å². The number of ether oxygens (including phenoxy) is 1. The average Bonchev–Trinajstić information content (AvgIpc) is 2.36. The molecule has 0 fully saturated rings. The third kappa shape index (κ3) is 6.09. The summed E-state index contributed by atoms with van der Waals surface area (Å²) in [5, 5.41) is 13.9. The smallest absolute Gasteiger partial charge is 0.548 e. The molecule has 0 bridgehead atoms. The third-order valence-electron chi connectivity index (χ3n) is 2.55. The van der Waals surface area contributed by atoms with Crippen molar-refractivity contribution in [3.05, 3.63) is 35.6 Å². The Bertz CT molecular complexity index is 426. The summed E-state index contributed by atoms with van der Waals surface area (Å²) >= 11 is 0. The van der Waals surface area contributed by atoms with Crippen LogP contribution in [0.2, 0.25) is 0 Å². The van der Waals surface area contributed by atoms with E-state index in [1.807, 2.05) is 18.2 Å². The van der Waals surface area contributed by atoms with Crippen LogP contribution >= 0.6 is 0 Å². The fraction of sp³-hybridized carbons (Fsp3) is 0.385. The number of rotatable bonds is 5. The summed E-state index contributed by atoms with van der Waals surface area (Å²) in [6, 6.07) is -0.921. The fourth-order valence-corrected chi connectivity index (χ4v) is 1.66. The van der Waals surface area contributed by atoms with Gasteiger partial charge in [-0.3, -0.25) is 0 Å². The second-order valence-corrected chi connectivity index (χ2v) is 3.94. The molecule has 5 nitrogen and oxygen atoms in total. The van der Waals surface area contributed by atoms with Crippen LogP contribution in [0, 0.1) is 0 Å². The predicted octanol–water partition coefficient (Wildman–Crippen LogP) is -2.95. The molecule has 0 aromatic heterocycles. The summed E-state index contributed by atoms with van der Waals surface area (Å²) < 4.78 is 4.46. The first-order valence-corrected chi connectivity index (χ1v) is 5.62. The van der Waals surface area contributed by atoms with E-state index in [4.69, 9.17) is 0 Å². The van der Waals surface area contributed by atoms with Gasteiger partial charge in [0.1, 0.15) is 0 Å². The Kier molecular flexibility index (Phi) is 8.47. The zero-order valence-electron chi connectivity index (χ0n) is 11.4. The van der Waals surface area contributed by atoms with Gasteiger partial charge in [-0.15, -0.1) is 0 Å². The van der Waals surface area contributed by atoms with Crippen molar-refractivity contribution in [1.29, 1.82) is 0 Å². The number of allylic oxidation sites excluding steroid dienone is 4. The van der Waals surface area contributed by atoms with Crippen molar-refractivity contribution < 1.29 is 49.0 Å². The Morgan fingerprint density at radius 1 is 1.47 bits per heavy atom. The summed E-state index contributed by atoms with van der Waals surface area (Å²) in [4.78, 5) is 22.1. The SMILES string of the molecule is COC(=O)/C=C(/C)NC(C(=O)[O-])C1=CCC=CC1.[Na+]. The summed E-state index contributed by atoms with van der Waals surface area (Å²) in [5.74, 6) is -1.75. The van der Waals surface area contributed by atoms with E-state index >= 15 is 0 Å². The molecule has 0 amide bonds. The Morgan fingerprint density at radius 2 is 2.16 bits per heavy atom. The molecule has 1 unspecified atom stereocenters. The maximum absolute atomic E-state index is 11.1. The molecule has 0 aliphatic heterocycles. The third-order valence-corrected chi connectivity index (χ3v) is 2.55. The fourth-order valence-electron chi connectivity index (χ4n) is 1.66. The van der Waals surface area contributed by atoms with Crippen molar-refractivity contribution in [2.45, 2.75) is 25.8 Å². The van der Waals surface area contributed by atoms with Gasteiger partial charge in [0.2, 0.25) is 0 Å². The van der Waals surface area contributed by atoms with Gasteiger partial charge in [-0.2, -0.15) is 0 Å². The van der Waals surface area contributed by atoms with Crippen LogP contribution in [-0.4, -0.2) is 25.1 Å². The molecule has 1 aliphatic carbocycles. The van der Waals surface area contributed by atoms with E-state index in [-0.39, 0.29) is 29.6 Å². The summed E-state index contributed by atoms with van der Waals surface area (Å²) in [7, 11) is 1.26. The minimum atomic E-state index is -1.21. The minimum absolute atomic E-state index is 0. The average molecular weight is 273 g/mol. The first kappa shape index (κ1) is 18.0. The molecule has 0 aromatic rings. The van der Waals surface area contributed by atoms with Gasteiger partial charge >= 0.3 is 35.5 Å². The molecule has 1 atom stereocenters. The number of esters is 1. The number of aliphatic carboxylic acids is 1. The molecule has 0 heterocycles. The van der Waals surface area contributed by atoms with E-state index in [0.29, 0.717) is 18.5 Å². The molecule has 1 aliphatic rings. The largest absolute Gasteiger partial charge is 1.00 e. The summed E-state index contributed by atoms with van der Waals surface area (Å²) in [6.07, 6.45) is 8.20. The molecule has 6 heteroatoms. The monoisotopic (exact) mass is 273 g/mol. The Morgan fingerprint density at radius 3 is 2.63 bits per heavy atom. The van der Waals surface area contributed by atoms with Crippen LogP contribution in [0.1, 0.15) is 19.8 Å². The van der Waals surface area contributed by atoms with Gasteiger partial charge in [-0.1, -0.05) is 18.2 Å². The van der Waals surface area contributed by atoms with E-state index in [1.54, 1.807) is 6.92 Å². The molecule has 0 aromatic carbocycles. The number of carboxylic acids is 1. The van der Waals surface area contributed by atoms with Gasteiger partial charge in [0.05, 0.1) is 19.1 Å². The molecular weight excluding hydrogens is 257 g/mol. The quantitative estimate of drug-likeness (QED) is 0.251. The van der Waals surface area contributed by atoms with Gasteiger partial charge in [-0.05, 0) is 25.3 Å². The molecule has 98 valence electrons. The normalized spacial score (nSPS) is 15.9. The number of hydrogen-bond donors (Lipinski definition) is 1. The standard InChI is InChI=1S/C13H17NO4.Na/c1-9(8-11(15)18-2)14-12(13(16)17)10-6-4-3-5-7-10;/h3-4,7-8,12,14H,5-6H2,1-2H3,(H,16,17);/q;+1/p-1/b9-8-;. The van der Waals surface area contributed by atoms with E-state index in [1.165, 1.54) is 13.2 Å². The van der Waals surface area contributed by atoms with Crippen molar-refractivity contribution in [3.8, 4) is 0 Å². The van der Waals surface area contributed by atoms with Crippen LogP contribution in [0.25, 0.3) is 0 Å². The minimum Gasteiger partial charge on any atom is -0.548 e. The molecule has 1 N–H and O–H groups in total. The number of carbonyl (C=O) groups is 2. The Hall–Kier alpha value is -1.04. The van der Waals surface area contributed by atoms with Crippen molar-refractivity contribution in [1.82, 2.24) is 5.32 Å². The molecule has 0 saturated heterocycles. The predicted molar refractivity (Wildman–Crippen MR) is 64.2 cm³/mol. The van der Waals surface area contributed by atoms with E-state index in [9.17, 15) is 14.7 Å². The van der Waals surface area contributed by atoms with Gasteiger partial charge < -0.3 is 20.0 Å². The first-order valence-electron chi connectivity index (χ1n) is 5.62. The van der Waals surface area contributed by atoms with E-state index in [2.05, 4.69) is 10.1 Å². The zero-order valence-corrected chi connectivity index (χ0v) is 13.4. The number of methoxy groups -OCH3 is 1. The molecule has 1 rings (SSSR count). The van der Waals surface area contributed by atoms with Crippen molar-refractivity contribution in [3.63, 3.8) is 0 Å². The van der Waals surface area contributed by atoms with Crippen molar-refractivity contribution in [2.75, 3.05) is 7.11 Å². The van der Waals surface area contributed by atoms with Crippen LogP contribution < -0.4 is 40.0 Å². The maximum Gasteiger partial charge on any atom is 1.00 e. The second kappa shape index (κ2) is 8.96. The molecule has 19 heavy (non-hydrogen) atoms. The van der Waals surface area contributed by atoms with Crippen LogP contribution in [0.5, 0.6) is 0 Å². The van der Waals surface area contributed by atoms with Crippen molar-refractivity contribution >= 4 is 11.9 Å². The van der Waals surface area contributed by atoms with Gasteiger partial charge in [-0.25, -0.2) is 4.79 Å². The number of carboxylic acid groups (broad SMARTS) is 1. The number of hydrogen-bond acceptors (Lipinski definition) is 5. The van der Waals surface area contributed by atoms with Gasteiger partial charge in [0, 0.05) is 11.8 Å². The van der Waals surface area contributed by atoms with E-state index < -0.39 is 18.0 Å². The number of carbonyl (C=O) groups excluding carboxylic acids is 2. The van der Waals surface area contributed by atoms with Crippen LogP contribution in [-0.2, 0) is 14.3 Å². The molecule has 0 saturated carbocycles. The Balaban J connectivity index is 0.00000324. The molecule has 0 radical (unpaired) electrons. The Labute approximate surface area is 134 Å². The van der Waals surface area contributed by atoms with Gasteiger partial charge in [0.25, 0.3) is 0 Å². The second-order valence-electron chi connectivity index (χ2n) is 3.94. The topological polar surface area (TPSA) is 78.5 Å². The van der Waals surface area contributed by atoms with Crippen molar-refractivity contribution in [2.24, 2.45) is 0 Å². The van der Waals surface area contributed by atoms with Crippen LogP contribution in [0.4, 0.5) is 0 Å². The van der Waals surface area contributed by atoms with E-state index in [0.717, 1.165) is 5.57 Å². The van der Waals surface area contributed by atoms with Crippen LogP contribution in [0.3, 0.4) is 0 Å². The molecular formula is C13H16NNaO4. The zero-order chi connectivity index (χ0) is 13.5. The number of nitrogens with one attached hydrogen (secondary N) is 1. The summed E-state index contributed by atoms with van der Waals surface area (Å²) in [5.41, 5.74) is 1.15. The van der Waals surface area contributed by atoms with Crippen LogP contribution in [0.15, 0.2) is 35.6 Å². The first-order chi connectivity index (χ1) is 8.54. The summed E-state index contributed by atoms with van der Waals surface area (Å²) in [6.45, 7) is 1.60. The maximum atomic E-state index is 11.1.